The average molecular weight is 649 g/mol. The van der Waals surface area contributed by atoms with Crippen LogP contribution in [0.5, 0.6) is 5.75 Å². The SMILES string of the molecule is COc1ccccc1N(CCCC(=O)N(Cc1c(Cl)cccc1Cl)[C@H](Cc1ccccc1)C(=O)NCC(C)C)S(C)(=O)=O. The quantitative estimate of drug-likeness (QED) is 0.220. The maximum Gasteiger partial charge on any atom is 0.243 e. The summed E-state index contributed by atoms with van der Waals surface area (Å²) < 4.78 is 32.1. The van der Waals surface area contributed by atoms with Gasteiger partial charge in [0.15, 0.2) is 0 Å². The van der Waals surface area contributed by atoms with Crippen molar-refractivity contribution in [3.63, 3.8) is 0 Å². The van der Waals surface area contributed by atoms with Gasteiger partial charge in [-0.25, -0.2) is 8.42 Å². The zero-order chi connectivity index (χ0) is 31.6. The number of sulfonamides is 1. The second-order valence-electron chi connectivity index (χ2n) is 10.7. The Kier molecular flexibility index (Phi) is 12.7. The van der Waals surface area contributed by atoms with Gasteiger partial charge in [-0.1, -0.05) is 85.6 Å². The highest BCUT2D eigenvalue weighted by molar-refractivity contribution is 7.92. The van der Waals surface area contributed by atoms with Gasteiger partial charge in [0.1, 0.15) is 11.8 Å². The molecule has 1 atom stereocenters. The predicted molar refractivity (Wildman–Crippen MR) is 173 cm³/mol. The second kappa shape index (κ2) is 16.0. The smallest absolute Gasteiger partial charge is 0.243 e. The molecule has 1 N–H and O–H groups in total. The van der Waals surface area contributed by atoms with Crippen molar-refractivity contribution >= 4 is 50.7 Å². The predicted octanol–water partition coefficient (Wildman–Crippen LogP) is 5.96. The number of hydrogen-bond donors (Lipinski definition) is 1. The summed E-state index contributed by atoms with van der Waals surface area (Å²) in [6.45, 7) is 4.48. The second-order valence-corrected chi connectivity index (χ2v) is 13.4. The summed E-state index contributed by atoms with van der Waals surface area (Å²) in [5.74, 6) is -0.00890. The Morgan fingerprint density at radius 2 is 1.56 bits per heavy atom. The van der Waals surface area contributed by atoms with E-state index in [0.29, 0.717) is 33.6 Å². The molecule has 0 aliphatic heterocycles. The van der Waals surface area contributed by atoms with Crippen molar-refractivity contribution in [2.24, 2.45) is 5.92 Å². The van der Waals surface area contributed by atoms with Crippen LogP contribution in [0.25, 0.3) is 0 Å². The highest BCUT2D eigenvalue weighted by Crippen LogP contribution is 2.30. The van der Waals surface area contributed by atoms with E-state index in [1.54, 1.807) is 42.5 Å². The molecule has 3 aromatic rings. The minimum Gasteiger partial charge on any atom is -0.495 e. The Morgan fingerprint density at radius 3 is 2.16 bits per heavy atom. The van der Waals surface area contributed by atoms with E-state index >= 15 is 0 Å². The van der Waals surface area contributed by atoms with E-state index in [1.807, 2.05) is 44.2 Å². The highest BCUT2D eigenvalue weighted by atomic mass is 35.5. The van der Waals surface area contributed by atoms with E-state index in [-0.39, 0.29) is 50.1 Å². The number of benzene rings is 3. The third kappa shape index (κ3) is 9.88. The molecule has 0 aliphatic carbocycles. The molecule has 11 heteroatoms. The van der Waals surface area contributed by atoms with E-state index in [0.717, 1.165) is 11.8 Å². The molecule has 8 nitrogen and oxygen atoms in total. The number of anilines is 1. The number of ether oxygens (including phenoxy) is 1. The van der Waals surface area contributed by atoms with Gasteiger partial charge in [0.25, 0.3) is 0 Å². The fourth-order valence-corrected chi connectivity index (χ4v) is 6.13. The summed E-state index contributed by atoms with van der Waals surface area (Å²) >= 11 is 13.0. The number of para-hydroxylation sites is 2. The Bertz CT molecular complexity index is 1470. The number of halogens is 2. The zero-order valence-electron chi connectivity index (χ0n) is 24.9. The monoisotopic (exact) mass is 647 g/mol. The van der Waals surface area contributed by atoms with Gasteiger partial charge in [-0.3, -0.25) is 13.9 Å². The first-order valence-corrected chi connectivity index (χ1v) is 16.7. The Balaban J connectivity index is 1.94. The van der Waals surface area contributed by atoms with Gasteiger partial charge in [0.05, 0.1) is 19.1 Å². The van der Waals surface area contributed by atoms with E-state index in [4.69, 9.17) is 27.9 Å². The minimum absolute atomic E-state index is 0.00619. The van der Waals surface area contributed by atoms with Crippen molar-refractivity contribution in [3.8, 4) is 5.75 Å². The van der Waals surface area contributed by atoms with Gasteiger partial charge >= 0.3 is 0 Å². The molecule has 0 spiro atoms. The molecule has 0 unspecified atom stereocenters. The van der Waals surface area contributed by atoms with E-state index in [9.17, 15) is 18.0 Å². The van der Waals surface area contributed by atoms with Crippen molar-refractivity contribution in [2.45, 2.75) is 45.7 Å². The van der Waals surface area contributed by atoms with Crippen LogP contribution in [-0.4, -0.2) is 57.6 Å². The lowest BCUT2D eigenvalue weighted by Gasteiger charge is -2.32. The lowest BCUT2D eigenvalue weighted by molar-refractivity contribution is -0.141. The molecule has 43 heavy (non-hydrogen) atoms. The first-order chi connectivity index (χ1) is 20.4. The normalized spacial score (nSPS) is 12.1. The van der Waals surface area contributed by atoms with Crippen molar-refractivity contribution < 1.29 is 22.7 Å². The molecular formula is C32H39Cl2N3O5S. The van der Waals surface area contributed by atoms with Gasteiger partial charge in [0, 0.05) is 48.1 Å². The maximum absolute atomic E-state index is 14.0. The zero-order valence-corrected chi connectivity index (χ0v) is 27.3. The molecule has 2 amide bonds. The van der Waals surface area contributed by atoms with Crippen LogP contribution in [0, 0.1) is 5.92 Å². The molecule has 0 aliphatic rings. The van der Waals surface area contributed by atoms with Crippen LogP contribution in [0.3, 0.4) is 0 Å². The van der Waals surface area contributed by atoms with E-state index in [2.05, 4.69) is 5.32 Å². The fourth-order valence-electron chi connectivity index (χ4n) is 4.65. The van der Waals surface area contributed by atoms with Crippen LogP contribution in [0.4, 0.5) is 5.69 Å². The van der Waals surface area contributed by atoms with Crippen LogP contribution < -0.4 is 14.4 Å². The standard InChI is InChI=1S/C32H39Cl2N3O5S/c1-23(2)21-35-32(39)29(20-24-12-6-5-7-13-24)36(22-25-26(33)14-10-15-27(25)34)31(38)18-11-19-37(43(4,40)41)28-16-8-9-17-30(28)42-3/h5-10,12-17,23,29H,11,18-22H2,1-4H3,(H,35,39)/t29-/m1/s1. The summed E-state index contributed by atoms with van der Waals surface area (Å²) in [6.07, 6.45) is 1.56. The minimum atomic E-state index is -3.69. The van der Waals surface area contributed by atoms with Crippen molar-refractivity contribution in [2.75, 3.05) is 30.8 Å². The highest BCUT2D eigenvalue weighted by Gasteiger charge is 2.31. The molecule has 0 radical (unpaired) electrons. The first-order valence-electron chi connectivity index (χ1n) is 14.1. The molecule has 232 valence electrons. The number of carbonyl (C=O) groups excluding carboxylic acids is 2. The van der Waals surface area contributed by atoms with Crippen LogP contribution in [0.15, 0.2) is 72.8 Å². The molecule has 0 saturated carbocycles. The van der Waals surface area contributed by atoms with Gasteiger partial charge in [-0.2, -0.15) is 0 Å². The van der Waals surface area contributed by atoms with Crippen molar-refractivity contribution in [3.05, 3.63) is 94.0 Å². The lowest BCUT2D eigenvalue weighted by atomic mass is 10.0. The molecule has 3 rings (SSSR count). The van der Waals surface area contributed by atoms with Crippen LogP contribution in [0.1, 0.15) is 37.8 Å². The number of nitrogens with one attached hydrogen (secondary N) is 1. The van der Waals surface area contributed by atoms with Crippen LogP contribution in [-0.2, 0) is 32.6 Å². The third-order valence-corrected chi connectivity index (χ3v) is 8.74. The van der Waals surface area contributed by atoms with Crippen LogP contribution in [0.2, 0.25) is 10.0 Å². The third-order valence-electron chi connectivity index (χ3n) is 6.85. The van der Waals surface area contributed by atoms with Crippen molar-refractivity contribution in [1.82, 2.24) is 10.2 Å². The number of nitrogens with zero attached hydrogens (tertiary/aromatic N) is 2. The summed E-state index contributed by atoms with van der Waals surface area (Å²) in [4.78, 5) is 29.2. The number of methoxy groups -OCH3 is 1. The Labute approximate surface area is 265 Å². The number of rotatable bonds is 15. The van der Waals surface area contributed by atoms with Gasteiger partial charge in [-0.05, 0) is 42.2 Å². The van der Waals surface area contributed by atoms with Gasteiger partial charge in [-0.15, -0.1) is 0 Å². The number of carbonyl (C=O) groups is 2. The van der Waals surface area contributed by atoms with E-state index in [1.165, 1.54) is 16.3 Å². The summed E-state index contributed by atoms with van der Waals surface area (Å²) in [5.41, 5.74) is 1.80. The molecular weight excluding hydrogens is 609 g/mol. The molecule has 0 saturated heterocycles. The number of hydrogen-bond acceptors (Lipinski definition) is 5. The molecule has 0 bridgehead atoms. The average Bonchev–Trinajstić information content (AvgIpc) is 2.97. The maximum atomic E-state index is 14.0. The molecule has 0 heterocycles. The fraction of sp³-hybridized carbons (Fsp3) is 0.375. The summed E-state index contributed by atoms with van der Waals surface area (Å²) in [6, 6.07) is 20.5. The lowest BCUT2D eigenvalue weighted by Crippen LogP contribution is -2.51. The molecule has 3 aromatic carbocycles. The topological polar surface area (TPSA) is 96.0 Å². The number of amides is 2. The van der Waals surface area contributed by atoms with E-state index < -0.39 is 16.1 Å². The largest absolute Gasteiger partial charge is 0.495 e. The molecule has 0 aromatic heterocycles. The van der Waals surface area contributed by atoms with Gasteiger partial charge < -0.3 is 15.0 Å². The van der Waals surface area contributed by atoms with Crippen LogP contribution >= 0.6 is 23.2 Å². The summed E-state index contributed by atoms with van der Waals surface area (Å²) in [7, 11) is -2.22. The Hall–Kier alpha value is -3.27. The van der Waals surface area contributed by atoms with Gasteiger partial charge in [0.2, 0.25) is 21.8 Å². The first kappa shape index (κ1) is 34.2. The Morgan fingerprint density at radius 1 is 0.930 bits per heavy atom. The van der Waals surface area contributed by atoms with Crippen molar-refractivity contribution in [1.29, 1.82) is 0 Å². The summed E-state index contributed by atoms with van der Waals surface area (Å²) in [5, 5.41) is 3.74. The molecule has 0 fully saturated rings.